The van der Waals surface area contributed by atoms with Crippen molar-refractivity contribution in [1.29, 1.82) is 0 Å². The summed E-state index contributed by atoms with van der Waals surface area (Å²) in [7, 11) is 0. The van der Waals surface area contributed by atoms with E-state index in [1.54, 1.807) is 24.5 Å². The molecule has 0 bridgehead atoms. The summed E-state index contributed by atoms with van der Waals surface area (Å²) in [5.74, 6) is 0.144. The smallest absolute Gasteiger partial charge is 0.341 e. The van der Waals surface area contributed by atoms with Crippen LogP contribution in [-0.4, -0.2) is 22.2 Å². The maximum Gasteiger partial charge on any atom is 0.341 e. The fraction of sp³-hybridized carbons (Fsp3) is 0.0800. The lowest BCUT2D eigenvalue weighted by molar-refractivity contribution is -0.137. The van der Waals surface area contributed by atoms with Gasteiger partial charge in [0.15, 0.2) is 6.23 Å². The third-order valence-corrected chi connectivity index (χ3v) is 5.19. The Kier molecular flexibility index (Phi) is 4.90. The van der Waals surface area contributed by atoms with E-state index in [-0.39, 0.29) is 0 Å². The molecule has 6 nitrogen and oxygen atoms in total. The first-order valence-corrected chi connectivity index (χ1v) is 9.88. The summed E-state index contributed by atoms with van der Waals surface area (Å²) in [6, 6.07) is 23.0. The highest BCUT2D eigenvalue weighted by molar-refractivity contribution is 6.27. The number of hydrogen-bond acceptors (Lipinski definition) is 6. The summed E-state index contributed by atoms with van der Waals surface area (Å²) < 4.78 is 11.1. The van der Waals surface area contributed by atoms with Crippen molar-refractivity contribution < 1.29 is 14.3 Å². The molecule has 0 aliphatic carbocycles. The third kappa shape index (κ3) is 3.76. The second-order valence-corrected chi connectivity index (χ2v) is 7.18. The molecular formula is C25H19N3O3. The zero-order valence-electron chi connectivity index (χ0n) is 16.6. The first-order valence-electron chi connectivity index (χ1n) is 9.88. The highest BCUT2D eigenvalue weighted by Gasteiger charge is 2.33. The Balaban J connectivity index is 1.37. The molecule has 4 aromatic rings. The van der Waals surface area contributed by atoms with E-state index in [0.717, 1.165) is 27.6 Å². The number of ether oxygens (including phenoxy) is 2. The standard InChI is InChI=1S/C25H19N3O3/c26-24-22(23(25(29)31-24)19-11-13-27-14-12-19)18-7-5-16(6-8-18)15-30-21-10-9-17-3-1-2-4-20(17)28-21/h1-14,24H,15,26H2. The Morgan fingerprint density at radius 1 is 0.903 bits per heavy atom. The van der Waals surface area contributed by atoms with Crippen molar-refractivity contribution >= 4 is 28.0 Å². The van der Waals surface area contributed by atoms with Crippen LogP contribution in [0.5, 0.6) is 5.88 Å². The van der Waals surface area contributed by atoms with Gasteiger partial charge in [0.1, 0.15) is 6.61 Å². The third-order valence-electron chi connectivity index (χ3n) is 5.19. The molecule has 152 valence electrons. The Morgan fingerprint density at radius 3 is 2.48 bits per heavy atom. The average Bonchev–Trinajstić information content (AvgIpc) is 3.12. The van der Waals surface area contributed by atoms with Gasteiger partial charge in [0.2, 0.25) is 5.88 Å². The lowest BCUT2D eigenvalue weighted by atomic mass is 9.95. The summed E-state index contributed by atoms with van der Waals surface area (Å²) >= 11 is 0. The van der Waals surface area contributed by atoms with Crippen molar-refractivity contribution in [3.8, 4) is 5.88 Å². The summed E-state index contributed by atoms with van der Waals surface area (Å²) in [6.07, 6.45) is 2.47. The fourth-order valence-electron chi connectivity index (χ4n) is 3.65. The number of para-hydroxylation sites is 1. The molecule has 0 radical (unpaired) electrons. The molecular weight excluding hydrogens is 390 g/mol. The number of fused-ring (bicyclic) bond motifs is 1. The van der Waals surface area contributed by atoms with E-state index in [9.17, 15) is 4.79 Å². The van der Waals surface area contributed by atoms with Crippen molar-refractivity contribution in [2.24, 2.45) is 5.73 Å². The molecule has 0 spiro atoms. The van der Waals surface area contributed by atoms with Crippen molar-refractivity contribution in [1.82, 2.24) is 9.97 Å². The molecule has 0 saturated heterocycles. The van der Waals surface area contributed by atoms with Gasteiger partial charge in [-0.25, -0.2) is 9.78 Å². The Labute approximate surface area is 179 Å². The van der Waals surface area contributed by atoms with Gasteiger partial charge in [-0.3, -0.25) is 10.7 Å². The molecule has 1 aliphatic heterocycles. The number of carbonyl (C=O) groups excluding carboxylic acids is 1. The van der Waals surface area contributed by atoms with Gasteiger partial charge < -0.3 is 9.47 Å². The summed E-state index contributed by atoms with van der Waals surface area (Å²) in [5, 5.41) is 1.07. The number of benzene rings is 2. The van der Waals surface area contributed by atoms with Crippen LogP contribution in [0.3, 0.4) is 0 Å². The van der Waals surface area contributed by atoms with Crippen LogP contribution in [0.4, 0.5) is 0 Å². The Hall–Kier alpha value is -4.03. The summed E-state index contributed by atoms with van der Waals surface area (Å²) in [4.78, 5) is 20.9. The number of aromatic nitrogens is 2. The fourth-order valence-corrected chi connectivity index (χ4v) is 3.65. The van der Waals surface area contributed by atoms with Gasteiger partial charge in [-0.1, -0.05) is 42.5 Å². The molecule has 2 aromatic carbocycles. The number of nitrogens with two attached hydrogens (primary N) is 1. The topological polar surface area (TPSA) is 87.3 Å². The molecule has 1 unspecified atom stereocenters. The first kappa shape index (κ1) is 19.0. The van der Waals surface area contributed by atoms with E-state index in [2.05, 4.69) is 9.97 Å². The van der Waals surface area contributed by atoms with Crippen molar-refractivity contribution in [3.63, 3.8) is 0 Å². The zero-order chi connectivity index (χ0) is 21.2. The predicted octanol–water partition coefficient (Wildman–Crippen LogP) is 3.96. The van der Waals surface area contributed by atoms with Gasteiger partial charge in [-0.2, -0.15) is 0 Å². The highest BCUT2D eigenvalue weighted by Crippen LogP contribution is 2.35. The molecule has 6 heteroatoms. The van der Waals surface area contributed by atoms with E-state index in [0.29, 0.717) is 23.6 Å². The van der Waals surface area contributed by atoms with Gasteiger partial charge in [-0.15, -0.1) is 0 Å². The van der Waals surface area contributed by atoms with E-state index in [1.165, 1.54) is 0 Å². The summed E-state index contributed by atoms with van der Waals surface area (Å²) in [6.45, 7) is 0.378. The second-order valence-electron chi connectivity index (χ2n) is 7.18. The van der Waals surface area contributed by atoms with Crippen LogP contribution in [0, 0.1) is 0 Å². The molecule has 31 heavy (non-hydrogen) atoms. The molecule has 2 aromatic heterocycles. The van der Waals surface area contributed by atoms with Gasteiger partial charge in [0, 0.05) is 29.4 Å². The number of nitrogens with zero attached hydrogens (tertiary/aromatic N) is 2. The van der Waals surface area contributed by atoms with Crippen LogP contribution in [-0.2, 0) is 16.1 Å². The van der Waals surface area contributed by atoms with Crippen molar-refractivity contribution in [2.45, 2.75) is 12.8 Å². The molecule has 5 rings (SSSR count). The first-order chi connectivity index (χ1) is 15.2. The molecule has 1 atom stereocenters. The van der Waals surface area contributed by atoms with E-state index in [4.69, 9.17) is 15.2 Å². The highest BCUT2D eigenvalue weighted by atomic mass is 16.6. The Morgan fingerprint density at radius 2 is 1.68 bits per heavy atom. The molecule has 0 amide bonds. The SMILES string of the molecule is NC1OC(=O)C(c2ccncc2)=C1c1ccc(COc2ccc3ccccc3n2)cc1. The normalized spacial score (nSPS) is 15.9. The number of hydrogen-bond donors (Lipinski definition) is 1. The molecule has 3 heterocycles. The minimum Gasteiger partial charge on any atom is -0.473 e. The van der Waals surface area contributed by atoms with Crippen LogP contribution >= 0.6 is 0 Å². The quantitative estimate of drug-likeness (QED) is 0.502. The van der Waals surface area contributed by atoms with E-state index in [1.807, 2.05) is 60.7 Å². The lowest BCUT2D eigenvalue weighted by Gasteiger charge is -2.11. The van der Waals surface area contributed by atoms with Crippen molar-refractivity contribution in [3.05, 3.63) is 102 Å². The largest absolute Gasteiger partial charge is 0.473 e. The molecule has 0 fully saturated rings. The Bertz CT molecular complexity index is 1280. The van der Waals surface area contributed by atoms with Crippen molar-refractivity contribution in [2.75, 3.05) is 0 Å². The van der Waals surface area contributed by atoms with Gasteiger partial charge in [0.05, 0.1) is 11.1 Å². The average molecular weight is 409 g/mol. The van der Waals surface area contributed by atoms with Crippen LogP contribution in [0.2, 0.25) is 0 Å². The monoisotopic (exact) mass is 409 g/mol. The van der Waals surface area contributed by atoms with E-state index >= 15 is 0 Å². The number of cyclic esters (lactones) is 1. The number of esters is 1. The number of pyridine rings is 2. The van der Waals surface area contributed by atoms with E-state index < -0.39 is 12.2 Å². The van der Waals surface area contributed by atoms with Crippen LogP contribution < -0.4 is 10.5 Å². The van der Waals surface area contributed by atoms with Gasteiger partial charge in [0.25, 0.3) is 0 Å². The maximum absolute atomic E-state index is 12.4. The van der Waals surface area contributed by atoms with Crippen LogP contribution in [0.15, 0.2) is 85.2 Å². The minimum absolute atomic E-state index is 0.378. The number of rotatable bonds is 5. The van der Waals surface area contributed by atoms with Gasteiger partial charge >= 0.3 is 5.97 Å². The minimum atomic E-state index is -0.806. The molecule has 1 aliphatic rings. The predicted molar refractivity (Wildman–Crippen MR) is 118 cm³/mol. The molecule has 2 N–H and O–H groups in total. The maximum atomic E-state index is 12.4. The van der Waals surface area contributed by atoms with Crippen LogP contribution in [0.25, 0.3) is 22.0 Å². The van der Waals surface area contributed by atoms with Crippen LogP contribution in [0.1, 0.15) is 16.7 Å². The van der Waals surface area contributed by atoms with Gasteiger partial charge in [-0.05, 0) is 41.0 Å². The number of carbonyl (C=O) groups is 1. The lowest BCUT2D eigenvalue weighted by Crippen LogP contribution is -2.21. The summed E-state index contributed by atoms with van der Waals surface area (Å²) in [5.41, 5.74) is 10.7. The second kappa shape index (κ2) is 8.01. The molecule has 0 saturated carbocycles. The zero-order valence-corrected chi connectivity index (χ0v) is 16.6.